The van der Waals surface area contributed by atoms with E-state index in [1.165, 1.54) is 0 Å². The molecule has 112 valence electrons. The van der Waals surface area contributed by atoms with Gasteiger partial charge in [-0.15, -0.1) is 11.8 Å². The van der Waals surface area contributed by atoms with Crippen molar-refractivity contribution in [3.05, 3.63) is 29.8 Å². The smallest absolute Gasteiger partial charge is 0.416 e. The van der Waals surface area contributed by atoms with E-state index in [-0.39, 0.29) is 5.78 Å². The molecule has 21 heavy (non-hydrogen) atoms. The molecular weight excluding hydrogens is 286 g/mol. The molecular formula is C16H19NO3S. The highest BCUT2D eigenvalue weighted by molar-refractivity contribution is 8.01. The van der Waals surface area contributed by atoms with E-state index in [2.05, 4.69) is 0 Å². The number of anilines is 1. The van der Waals surface area contributed by atoms with Crippen molar-refractivity contribution in [2.75, 3.05) is 10.7 Å². The number of carbonyl (C=O) groups is 2. The molecule has 1 aromatic rings. The summed E-state index contributed by atoms with van der Waals surface area (Å²) >= 11 is 1.55. The van der Waals surface area contributed by atoms with Gasteiger partial charge in [-0.25, -0.2) is 4.79 Å². The molecule has 0 saturated carbocycles. The van der Waals surface area contributed by atoms with Gasteiger partial charge in [0, 0.05) is 5.56 Å². The highest BCUT2D eigenvalue weighted by Crippen LogP contribution is 2.51. The van der Waals surface area contributed by atoms with E-state index >= 15 is 0 Å². The number of hydrogen-bond donors (Lipinski definition) is 0. The first-order chi connectivity index (χ1) is 9.85. The summed E-state index contributed by atoms with van der Waals surface area (Å²) in [6, 6.07) is 7.30. The molecule has 0 aliphatic carbocycles. The van der Waals surface area contributed by atoms with Gasteiger partial charge < -0.3 is 4.74 Å². The van der Waals surface area contributed by atoms with Crippen LogP contribution in [-0.2, 0) is 4.74 Å². The van der Waals surface area contributed by atoms with Gasteiger partial charge in [-0.3, -0.25) is 9.69 Å². The van der Waals surface area contributed by atoms with E-state index in [1.807, 2.05) is 39.0 Å². The number of amides is 1. The number of hydrogen-bond acceptors (Lipinski definition) is 4. The topological polar surface area (TPSA) is 46.6 Å². The average Bonchev–Trinajstić information content (AvgIpc) is 2.95. The molecule has 1 spiro atoms. The molecule has 0 aromatic heterocycles. The van der Waals surface area contributed by atoms with Gasteiger partial charge in [0.1, 0.15) is 5.60 Å². The average molecular weight is 305 g/mol. The Morgan fingerprint density at radius 1 is 1.33 bits per heavy atom. The Balaban J connectivity index is 2.06. The first kappa shape index (κ1) is 14.4. The largest absolute Gasteiger partial charge is 0.443 e. The van der Waals surface area contributed by atoms with Crippen molar-refractivity contribution in [1.82, 2.24) is 0 Å². The van der Waals surface area contributed by atoms with Crippen LogP contribution in [0.25, 0.3) is 0 Å². The number of carbonyl (C=O) groups excluding carboxylic acids is 2. The lowest BCUT2D eigenvalue weighted by atomic mass is 10.0. The summed E-state index contributed by atoms with van der Waals surface area (Å²) in [5, 5.41) is 0. The first-order valence-corrected chi connectivity index (χ1v) is 8.15. The zero-order valence-electron chi connectivity index (χ0n) is 12.5. The fourth-order valence-corrected chi connectivity index (χ4v) is 4.36. The summed E-state index contributed by atoms with van der Waals surface area (Å²) in [7, 11) is 0. The maximum absolute atomic E-state index is 12.8. The Kier molecular flexibility index (Phi) is 3.28. The van der Waals surface area contributed by atoms with Crippen LogP contribution in [0.5, 0.6) is 0 Å². The van der Waals surface area contributed by atoms with Crippen molar-refractivity contribution in [2.45, 2.75) is 44.1 Å². The normalized spacial score (nSPS) is 24.5. The Morgan fingerprint density at radius 2 is 2.05 bits per heavy atom. The van der Waals surface area contributed by atoms with Gasteiger partial charge >= 0.3 is 6.09 Å². The van der Waals surface area contributed by atoms with Crippen LogP contribution in [0.15, 0.2) is 24.3 Å². The van der Waals surface area contributed by atoms with Gasteiger partial charge in [-0.2, -0.15) is 0 Å². The number of ketones is 1. The Bertz CT molecular complexity index is 600. The standard InChI is InChI=1S/C16H19NO3S/c1-15(2,3)20-14(19)17-12-8-5-4-7-11(12)13(18)16(17)9-6-10-21-16/h4-5,7-8H,6,9-10H2,1-3H3. The van der Waals surface area contributed by atoms with Gasteiger partial charge in [0.2, 0.25) is 5.78 Å². The molecule has 2 aliphatic heterocycles. The first-order valence-electron chi connectivity index (χ1n) is 7.16. The van der Waals surface area contributed by atoms with Crippen molar-refractivity contribution < 1.29 is 14.3 Å². The number of para-hydroxylation sites is 1. The van der Waals surface area contributed by atoms with Crippen LogP contribution >= 0.6 is 11.8 Å². The summed E-state index contributed by atoms with van der Waals surface area (Å²) in [4.78, 5) is 26.3. The molecule has 1 aromatic carbocycles. The summed E-state index contributed by atoms with van der Waals surface area (Å²) in [5.74, 6) is 0.922. The second-order valence-electron chi connectivity index (χ2n) is 6.40. The van der Waals surface area contributed by atoms with Gasteiger partial charge in [-0.05, 0) is 51.5 Å². The molecule has 3 rings (SSSR count). The molecule has 2 aliphatic rings. The number of Topliss-reactive ketones (excluding diaryl/α,β-unsaturated/α-hetero) is 1. The fourth-order valence-electron chi connectivity index (χ4n) is 2.90. The third kappa shape index (κ3) is 2.24. The van der Waals surface area contributed by atoms with E-state index in [1.54, 1.807) is 22.7 Å². The summed E-state index contributed by atoms with van der Waals surface area (Å²) < 4.78 is 5.53. The van der Waals surface area contributed by atoms with Crippen LogP contribution in [0.2, 0.25) is 0 Å². The van der Waals surface area contributed by atoms with Crippen molar-refractivity contribution in [1.29, 1.82) is 0 Å². The van der Waals surface area contributed by atoms with E-state index in [4.69, 9.17) is 4.74 Å². The number of nitrogens with zero attached hydrogens (tertiary/aromatic N) is 1. The van der Waals surface area contributed by atoms with Crippen LogP contribution < -0.4 is 4.90 Å². The van der Waals surface area contributed by atoms with Gasteiger partial charge in [0.25, 0.3) is 0 Å². The van der Waals surface area contributed by atoms with E-state index < -0.39 is 16.6 Å². The predicted octanol–water partition coefficient (Wildman–Crippen LogP) is 3.85. The number of thioether (sulfide) groups is 1. The molecule has 1 saturated heterocycles. The predicted molar refractivity (Wildman–Crippen MR) is 83.9 cm³/mol. The highest BCUT2D eigenvalue weighted by Gasteiger charge is 2.56. The van der Waals surface area contributed by atoms with Crippen LogP contribution in [0.1, 0.15) is 44.0 Å². The number of rotatable bonds is 0. The third-order valence-corrected chi connectivity index (χ3v) is 5.22. The Morgan fingerprint density at radius 3 is 2.67 bits per heavy atom. The lowest BCUT2D eigenvalue weighted by Crippen LogP contribution is -2.50. The monoisotopic (exact) mass is 305 g/mol. The molecule has 1 amide bonds. The quantitative estimate of drug-likeness (QED) is 0.730. The summed E-state index contributed by atoms with van der Waals surface area (Å²) in [5.41, 5.74) is 0.714. The molecule has 0 N–H and O–H groups in total. The van der Waals surface area contributed by atoms with Crippen LogP contribution in [0.3, 0.4) is 0 Å². The summed E-state index contributed by atoms with van der Waals surface area (Å²) in [6.45, 7) is 5.51. The van der Waals surface area contributed by atoms with Gasteiger partial charge in [-0.1, -0.05) is 12.1 Å². The number of benzene rings is 1. The van der Waals surface area contributed by atoms with E-state index in [0.29, 0.717) is 17.7 Å². The molecule has 4 nitrogen and oxygen atoms in total. The fraction of sp³-hybridized carbons (Fsp3) is 0.500. The van der Waals surface area contributed by atoms with Crippen molar-refractivity contribution in [3.63, 3.8) is 0 Å². The second kappa shape index (κ2) is 4.77. The summed E-state index contributed by atoms with van der Waals surface area (Å²) in [6.07, 6.45) is 1.18. The lowest BCUT2D eigenvalue weighted by molar-refractivity contribution is 0.0553. The molecule has 1 atom stereocenters. The van der Waals surface area contributed by atoms with E-state index in [0.717, 1.165) is 12.2 Å². The zero-order valence-corrected chi connectivity index (χ0v) is 13.3. The van der Waals surface area contributed by atoms with Gasteiger partial charge in [0.05, 0.1) is 5.69 Å². The van der Waals surface area contributed by atoms with Crippen LogP contribution in [0, 0.1) is 0 Å². The lowest BCUT2D eigenvalue weighted by Gasteiger charge is -2.34. The highest BCUT2D eigenvalue weighted by atomic mass is 32.2. The minimum Gasteiger partial charge on any atom is -0.443 e. The Hall–Kier alpha value is -1.49. The SMILES string of the molecule is CC(C)(C)OC(=O)N1c2ccccc2C(=O)C12CCCS2. The maximum atomic E-state index is 12.8. The maximum Gasteiger partial charge on any atom is 0.416 e. The van der Waals surface area contributed by atoms with E-state index in [9.17, 15) is 9.59 Å². The van der Waals surface area contributed by atoms with Crippen molar-refractivity contribution >= 4 is 29.3 Å². The molecule has 2 heterocycles. The minimum absolute atomic E-state index is 0.0338. The molecule has 0 radical (unpaired) electrons. The molecule has 0 bridgehead atoms. The molecule has 1 unspecified atom stereocenters. The zero-order chi connectivity index (χ0) is 15.3. The minimum atomic E-state index is -0.800. The van der Waals surface area contributed by atoms with Crippen LogP contribution in [0.4, 0.5) is 10.5 Å². The van der Waals surface area contributed by atoms with Gasteiger partial charge in [0.15, 0.2) is 4.87 Å². The Labute approximate surface area is 128 Å². The van der Waals surface area contributed by atoms with Crippen molar-refractivity contribution in [2.24, 2.45) is 0 Å². The van der Waals surface area contributed by atoms with Crippen molar-refractivity contribution in [3.8, 4) is 0 Å². The van der Waals surface area contributed by atoms with Crippen LogP contribution in [-0.4, -0.2) is 28.1 Å². The number of ether oxygens (including phenoxy) is 1. The number of fused-ring (bicyclic) bond motifs is 1. The second-order valence-corrected chi connectivity index (χ2v) is 7.77. The third-order valence-electron chi connectivity index (χ3n) is 3.68. The molecule has 1 fully saturated rings. The molecule has 5 heteroatoms.